The van der Waals surface area contributed by atoms with Crippen molar-refractivity contribution in [2.45, 2.75) is 25.8 Å². The first-order valence-electron chi connectivity index (χ1n) is 4.73. The van der Waals surface area contributed by atoms with E-state index in [4.69, 9.17) is 5.73 Å². The zero-order valence-electron chi connectivity index (χ0n) is 8.57. The van der Waals surface area contributed by atoms with Crippen molar-refractivity contribution in [2.24, 2.45) is 5.73 Å². The van der Waals surface area contributed by atoms with E-state index >= 15 is 0 Å². The van der Waals surface area contributed by atoms with E-state index in [1.807, 2.05) is 12.1 Å². The smallest absolute Gasteiger partial charge is 0.00767 e. The Kier molecular flexibility index (Phi) is 6.26. The zero-order valence-corrected chi connectivity index (χ0v) is 9.39. The van der Waals surface area contributed by atoms with E-state index in [-0.39, 0.29) is 18.4 Å². The maximum atomic E-state index is 5.87. The van der Waals surface area contributed by atoms with Crippen LogP contribution in [-0.2, 0) is 6.42 Å². The summed E-state index contributed by atoms with van der Waals surface area (Å²) < 4.78 is 0. The van der Waals surface area contributed by atoms with Gasteiger partial charge in [-0.15, -0.1) is 12.4 Å². The topological polar surface area (TPSA) is 26.0 Å². The molecule has 1 unspecified atom stereocenters. The van der Waals surface area contributed by atoms with Gasteiger partial charge in [0.05, 0.1) is 0 Å². The van der Waals surface area contributed by atoms with Gasteiger partial charge in [0.2, 0.25) is 0 Å². The predicted octanol–water partition coefficient (Wildman–Crippen LogP) is 3.03. The van der Waals surface area contributed by atoms with Crippen molar-refractivity contribution in [1.29, 1.82) is 0 Å². The SMILES string of the molecule is C=Cc1cccc(CC(N)CC)c1.Cl. The van der Waals surface area contributed by atoms with Crippen molar-refractivity contribution in [3.05, 3.63) is 42.0 Å². The molecule has 0 saturated heterocycles. The van der Waals surface area contributed by atoms with E-state index < -0.39 is 0 Å². The fourth-order valence-corrected chi connectivity index (χ4v) is 1.29. The van der Waals surface area contributed by atoms with Crippen LogP contribution in [0.25, 0.3) is 6.08 Å². The van der Waals surface area contributed by atoms with E-state index in [1.54, 1.807) is 0 Å². The van der Waals surface area contributed by atoms with Crippen LogP contribution in [0.2, 0.25) is 0 Å². The highest BCUT2D eigenvalue weighted by atomic mass is 35.5. The van der Waals surface area contributed by atoms with E-state index in [0.717, 1.165) is 12.8 Å². The summed E-state index contributed by atoms with van der Waals surface area (Å²) in [6.07, 6.45) is 3.84. The van der Waals surface area contributed by atoms with Crippen molar-refractivity contribution in [3.63, 3.8) is 0 Å². The normalized spacial score (nSPS) is 11.6. The molecule has 2 N–H and O–H groups in total. The molecule has 1 nitrogen and oxygen atoms in total. The van der Waals surface area contributed by atoms with Crippen molar-refractivity contribution in [1.82, 2.24) is 0 Å². The highest BCUT2D eigenvalue weighted by Crippen LogP contribution is 2.08. The highest BCUT2D eigenvalue weighted by Gasteiger charge is 2.00. The summed E-state index contributed by atoms with van der Waals surface area (Å²) in [5.41, 5.74) is 8.34. The molecular weight excluding hydrogens is 194 g/mol. The van der Waals surface area contributed by atoms with Crippen LogP contribution in [0, 0.1) is 0 Å². The summed E-state index contributed by atoms with van der Waals surface area (Å²) in [4.78, 5) is 0. The van der Waals surface area contributed by atoms with Crippen LogP contribution in [0.4, 0.5) is 0 Å². The van der Waals surface area contributed by atoms with E-state index in [1.165, 1.54) is 11.1 Å². The molecule has 0 heterocycles. The number of hydrogen-bond acceptors (Lipinski definition) is 1. The summed E-state index contributed by atoms with van der Waals surface area (Å²) >= 11 is 0. The lowest BCUT2D eigenvalue weighted by atomic mass is 10.0. The number of rotatable bonds is 4. The molecule has 1 rings (SSSR count). The van der Waals surface area contributed by atoms with Crippen molar-refractivity contribution < 1.29 is 0 Å². The van der Waals surface area contributed by atoms with Gasteiger partial charge in [-0.1, -0.05) is 43.8 Å². The monoisotopic (exact) mass is 211 g/mol. The second kappa shape index (κ2) is 6.63. The Balaban J connectivity index is 0.00000169. The first kappa shape index (κ1) is 13.2. The first-order chi connectivity index (χ1) is 6.26. The fraction of sp³-hybridized carbons (Fsp3) is 0.333. The van der Waals surface area contributed by atoms with Crippen LogP contribution in [0.1, 0.15) is 24.5 Å². The van der Waals surface area contributed by atoms with Crippen LogP contribution < -0.4 is 5.73 Å². The van der Waals surface area contributed by atoms with Gasteiger partial charge in [0, 0.05) is 6.04 Å². The minimum atomic E-state index is 0. The third-order valence-corrected chi connectivity index (χ3v) is 2.21. The van der Waals surface area contributed by atoms with Crippen molar-refractivity contribution in [2.75, 3.05) is 0 Å². The predicted molar refractivity (Wildman–Crippen MR) is 65.8 cm³/mol. The van der Waals surface area contributed by atoms with Gasteiger partial charge in [0.15, 0.2) is 0 Å². The Morgan fingerprint density at radius 1 is 1.50 bits per heavy atom. The van der Waals surface area contributed by atoms with Crippen LogP contribution >= 0.6 is 12.4 Å². The molecule has 0 spiro atoms. The van der Waals surface area contributed by atoms with Gasteiger partial charge in [-0.3, -0.25) is 0 Å². The van der Waals surface area contributed by atoms with E-state index in [9.17, 15) is 0 Å². The summed E-state index contributed by atoms with van der Waals surface area (Å²) in [7, 11) is 0. The van der Waals surface area contributed by atoms with Gasteiger partial charge in [-0.2, -0.15) is 0 Å². The van der Waals surface area contributed by atoms with Gasteiger partial charge in [-0.25, -0.2) is 0 Å². The highest BCUT2D eigenvalue weighted by molar-refractivity contribution is 5.85. The van der Waals surface area contributed by atoms with Crippen LogP contribution in [-0.4, -0.2) is 6.04 Å². The Morgan fingerprint density at radius 2 is 2.21 bits per heavy atom. The summed E-state index contributed by atoms with van der Waals surface area (Å²) in [6.45, 7) is 5.85. The van der Waals surface area contributed by atoms with E-state index in [2.05, 4.69) is 31.7 Å². The molecule has 0 aliphatic carbocycles. The first-order valence-corrected chi connectivity index (χ1v) is 4.73. The minimum absolute atomic E-state index is 0. The lowest BCUT2D eigenvalue weighted by Gasteiger charge is -2.08. The molecule has 0 fully saturated rings. The van der Waals surface area contributed by atoms with Gasteiger partial charge in [-0.05, 0) is 24.0 Å². The quantitative estimate of drug-likeness (QED) is 0.814. The average Bonchev–Trinajstić information content (AvgIpc) is 2.18. The second-order valence-corrected chi connectivity index (χ2v) is 3.32. The number of hydrogen-bond donors (Lipinski definition) is 1. The third kappa shape index (κ3) is 3.95. The fourth-order valence-electron chi connectivity index (χ4n) is 1.29. The lowest BCUT2D eigenvalue weighted by molar-refractivity contribution is 0.646. The number of halogens is 1. The molecule has 0 amide bonds. The maximum absolute atomic E-state index is 5.87. The van der Waals surface area contributed by atoms with Crippen LogP contribution in [0.15, 0.2) is 30.8 Å². The Bertz CT molecular complexity index is 283. The molecule has 0 bridgehead atoms. The maximum Gasteiger partial charge on any atom is 0.00767 e. The van der Waals surface area contributed by atoms with Gasteiger partial charge in [0.1, 0.15) is 0 Å². The van der Waals surface area contributed by atoms with Crippen LogP contribution in [0.5, 0.6) is 0 Å². The molecule has 1 aromatic carbocycles. The van der Waals surface area contributed by atoms with Crippen molar-refractivity contribution >= 4 is 18.5 Å². The molecule has 0 aromatic heterocycles. The van der Waals surface area contributed by atoms with Gasteiger partial charge in [0.25, 0.3) is 0 Å². The Hall–Kier alpha value is -0.790. The molecule has 0 aliphatic heterocycles. The molecule has 1 atom stereocenters. The van der Waals surface area contributed by atoms with Crippen LogP contribution in [0.3, 0.4) is 0 Å². The molecule has 78 valence electrons. The largest absolute Gasteiger partial charge is 0.327 e. The standard InChI is InChI=1S/C12H17N.ClH/c1-3-10-6-5-7-11(8-10)9-12(13)4-2;/h3,5-8,12H,1,4,9,13H2,2H3;1H. The molecule has 14 heavy (non-hydrogen) atoms. The van der Waals surface area contributed by atoms with E-state index in [0.29, 0.717) is 0 Å². The van der Waals surface area contributed by atoms with Gasteiger partial charge < -0.3 is 5.73 Å². The zero-order chi connectivity index (χ0) is 9.68. The number of nitrogens with two attached hydrogens (primary N) is 1. The number of benzene rings is 1. The summed E-state index contributed by atoms with van der Waals surface area (Å²) in [5, 5.41) is 0. The lowest BCUT2D eigenvalue weighted by Crippen LogP contribution is -2.21. The second-order valence-electron chi connectivity index (χ2n) is 3.32. The summed E-state index contributed by atoms with van der Waals surface area (Å²) in [5.74, 6) is 0. The third-order valence-electron chi connectivity index (χ3n) is 2.21. The Morgan fingerprint density at radius 3 is 2.79 bits per heavy atom. The minimum Gasteiger partial charge on any atom is -0.327 e. The van der Waals surface area contributed by atoms with Crippen molar-refractivity contribution in [3.8, 4) is 0 Å². The average molecular weight is 212 g/mol. The molecular formula is C12H18ClN. The molecule has 0 radical (unpaired) electrons. The molecule has 2 heteroatoms. The molecule has 0 aliphatic rings. The molecule has 1 aromatic rings. The summed E-state index contributed by atoms with van der Waals surface area (Å²) in [6, 6.07) is 8.63. The van der Waals surface area contributed by atoms with Gasteiger partial charge >= 0.3 is 0 Å². The molecule has 0 saturated carbocycles. The Labute approximate surface area is 92.4 Å².